The third-order valence-corrected chi connectivity index (χ3v) is 8.59. The van der Waals surface area contributed by atoms with Crippen molar-refractivity contribution in [3.8, 4) is 0 Å². The Bertz CT molecular complexity index is 1130. The van der Waals surface area contributed by atoms with Crippen molar-refractivity contribution in [1.29, 1.82) is 0 Å². The van der Waals surface area contributed by atoms with Gasteiger partial charge in [-0.2, -0.15) is 8.42 Å². The molecule has 0 spiro atoms. The molecular formula is C24H44O25S. The number of hydrogen-bond donors (Lipinski definition) is 16. The summed E-state index contributed by atoms with van der Waals surface area (Å²) in [6.45, 7) is -3.06. The zero-order valence-electron chi connectivity index (χ0n) is 25.6. The van der Waals surface area contributed by atoms with Crippen LogP contribution in [0.5, 0.6) is 0 Å². The van der Waals surface area contributed by atoms with Crippen molar-refractivity contribution in [1.82, 2.24) is 0 Å². The fourth-order valence-corrected chi connectivity index (χ4v) is 5.59. The van der Waals surface area contributed by atoms with Gasteiger partial charge in [-0.3, -0.25) is 4.55 Å². The molecule has 0 aromatic rings. The maximum atomic E-state index is 10.6. The average molecular weight is 765 g/mol. The smallest absolute Gasteiger partial charge is 0.394 e. The molecule has 25 nitrogen and oxygen atoms in total. The highest BCUT2D eigenvalue weighted by atomic mass is 32.3. The van der Waals surface area contributed by atoms with E-state index in [0.29, 0.717) is 0 Å². The van der Waals surface area contributed by atoms with Crippen molar-refractivity contribution in [3.63, 3.8) is 0 Å². The molecule has 4 aliphatic heterocycles. The van der Waals surface area contributed by atoms with Crippen LogP contribution >= 0.6 is 0 Å². The Morgan fingerprint density at radius 1 is 0.440 bits per heavy atom. The summed E-state index contributed by atoms with van der Waals surface area (Å²) in [5.41, 5.74) is 0. The first-order chi connectivity index (χ1) is 23.3. The second-order valence-corrected chi connectivity index (χ2v) is 12.7. The van der Waals surface area contributed by atoms with Crippen LogP contribution in [0.1, 0.15) is 0 Å². The van der Waals surface area contributed by atoms with Gasteiger partial charge < -0.3 is 105 Å². The second kappa shape index (κ2) is 18.4. The van der Waals surface area contributed by atoms with E-state index in [9.17, 15) is 79.9 Å². The lowest BCUT2D eigenvalue weighted by molar-refractivity contribution is -0.355. The molecule has 4 aliphatic rings. The number of ether oxygens (including phenoxy) is 6. The largest absolute Gasteiger partial charge is 0.397 e. The van der Waals surface area contributed by atoms with Gasteiger partial charge in [-0.05, 0) is 0 Å². The SMILES string of the molecule is O=S(=O)(O)OC[C@H]1O[C@@H](O[C@H]2[C@H](O)[C@@H](O)[C@@H](O)O[C@@H]2CO)[C@H](O)[C@@H](O)[C@H]1O.OC[C@H]1O[C@@H](O[C@H]2[C@H](O)[C@@H](O)[C@@H](O)O[C@@H]2CO)[C@H](O)[C@@H](O)[C@H]1O. The lowest BCUT2D eigenvalue weighted by Gasteiger charge is -2.45. The van der Waals surface area contributed by atoms with Crippen molar-refractivity contribution in [2.45, 2.75) is 123 Å². The lowest BCUT2D eigenvalue weighted by atomic mass is 9.97. The van der Waals surface area contributed by atoms with Gasteiger partial charge in [-0.25, -0.2) is 4.18 Å². The van der Waals surface area contributed by atoms with E-state index in [2.05, 4.69) is 4.18 Å². The highest BCUT2D eigenvalue weighted by molar-refractivity contribution is 7.80. The molecule has 20 atom stereocenters. The van der Waals surface area contributed by atoms with Crippen LogP contribution in [-0.4, -0.2) is 239 Å². The minimum Gasteiger partial charge on any atom is -0.394 e. The van der Waals surface area contributed by atoms with Gasteiger partial charge in [0.15, 0.2) is 25.2 Å². The number of rotatable bonds is 10. The van der Waals surface area contributed by atoms with Crippen molar-refractivity contribution < 1.29 is 122 Å². The zero-order chi connectivity index (χ0) is 37.8. The molecule has 0 aromatic carbocycles. The summed E-state index contributed by atoms with van der Waals surface area (Å²) in [4.78, 5) is 0. The van der Waals surface area contributed by atoms with Crippen LogP contribution in [0.3, 0.4) is 0 Å². The van der Waals surface area contributed by atoms with Crippen LogP contribution in [-0.2, 0) is 43.0 Å². The molecule has 4 heterocycles. The van der Waals surface area contributed by atoms with E-state index in [1.165, 1.54) is 0 Å². The van der Waals surface area contributed by atoms with Gasteiger partial charge in [0.05, 0.1) is 26.4 Å². The summed E-state index contributed by atoms with van der Waals surface area (Å²) >= 11 is 0. The molecular weight excluding hydrogens is 720 g/mol. The fourth-order valence-electron chi connectivity index (χ4n) is 5.28. The van der Waals surface area contributed by atoms with Crippen LogP contribution in [0.25, 0.3) is 0 Å². The minimum absolute atomic E-state index is 0.667. The van der Waals surface area contributed by atoms with Gasteiger partial charge in [-0.15, -0.1) is 0 Å². The second-order valence-electron chi connectivity index (χ2n) is 11.6. The molecule has 4 fully saturated rings. The zero-order valence-corrected chi connectivity index (χ0v) is 26.4. The molecule has 0 amide bonds. The first-order valence-electron chi connectivity index (χ1n) is 14.8. The van der Waals surface area contributed by atoms with Gasteiger partial charge in [0, 0.05) is 0 Å². The van der Waals surface area contributed by atoms with Crippen molar-refractivity contribution in [2.24, 2.45) is 0 Å². The Kier molecular flexibility index (Phi) is 16.0. The number of hydrogen-bond acceptors (Lipinski definition) is 24. The summed E-state index contributed by atoms with van der Waals surface area (Å²) < 4.78 is 64.4. The molecule has 0 unspecified atom stereocenters. The van der Waals surface area contributed by atoms with E-state index < -0.39 is 160 Å². The molecule has 16 N–H and O–H groups in total. The molecule has 0 bridgehead atoms. The Labute approximate surface area is 282 Å². The molecule has 50 heavy (non-hydrogen) atoms. The first-order valence-corrected chi connectivity index (χ1v) is 16.2. The van der Waals surface area contributed by atoms with E-state index >= 15 is 0 Å². The Hall–Kier alpha value is -0.970. The van der Waals surface area contributed by atoms with E-state index in [0.717, 1.165) is 0 Å². The topological polar surface area (TPSA) is 422 Å². The predicted molar refractivity (Wildman–Crippen MR) is 148 cm³/mol. The molecule has 0 aromatic heterocycles. The Morgan fingerprint density at radius 3 is 1.16 bits per heavy atom. The monoisotopic (exact) mass is 764 g/mol. The molecule has 26 heteroatoms. The number of aliphatic hydroxyl groups excluding tert-OH is 15. The maximum Gasteiger partial charge on any atom is 0.397 e. The molecule has 0 aliphatic carbocycles. The van der Waals surface area contributed by atoms with Gasteiger partial charge in [0.2, 0.25) is 0 Å². The molecule has 0 saturated carbocycles. The van der Waals surface area contributed by atoms with Gasteiger partial charge in [0.1, 0.15) is 97.7 Å². The first kappa shape index (κ1) is 43.4. The molecule has 4 rings (SSSR count). The lowest BCUT2D eigenvalue weighted by Crippen LogP contribution is -2.64. The van der Waals surface area contributed by atoms with Crippen LogP contribution in [0.2, 0.25) is 0 Å². The Morgan fingerprint density at radius 2 is 0.800 bits per heavy atom. The Balaban J connectivity index is 0.000000274. The third kappa shape index (κ3) is 10.2. The van der Waals surface area contributed by atoms with Crippen molar-refractivity contribution in [3.05, 3.63) is 0 Å². The summed E-state index contributed by atoms with van der Waals surface area (Å²) in [7, 11) is -4.89. The van der Waals surface area contributed by atoms with Crippen LogP contribution in [0, 0.1) is 0 Å². The standard InChI is InChI=1S/C12H22O14S.C12H22O11/c13-1-3-10(7(16)8(17)11(19)24-3)26-12-9(18)6(15)5(14)4(25-12)2-23-27(20,21)22;13-1-3-5(15)6(16)9(19)12(22-3)23-10-4(2-14)21-11(20)8(18)7(10)17/h3-19H,1-2H2,(H,20,21,22);3-20H,1-2H2/t2*3-,4-,5+,6+,7-,8-,9-,10-,11+,12+/m11/s1. The predicted octanol–water partition coefficient (Wildman–Crippen LogP) is -11.0. The van der Waals surface area contributed by atoms with Crippen LogP contribution in [0.15, 0.2) is 0 Å². The van der Waals surface area contributed by atoms with Gasteiger partial charge >= 0.3 is 10.4 Å². The summed E-state index contributed by atoms with van der Waals surface area (Å²) in [5.74, 6) is 0. The van der Waals surface area contributed by atoms with E-state index in [-0.39, 0.29) is 0 Å². The van der Waals surface area contributed by atoms with Crippen molar-refractivity contribution in [2.75, 3.05) is 26.4 Å². The van der Waals surface area contributed by atoms with Crippen LogP contribution < -0.4 is 0 Å². The van der Waals surface area contributed by atoms with Gasteiger partial charge in [-0.1, -0.05) is 0 Å². The van der Waals surface area contributed by atoms with Gasteiger partial charge in [0.25, 0.3) is 0 Å². The van der Waals surface area contributed by atoms with Crippen molar-refractivity contribution >= 4 is 10.4 Å². The highest BCUT2D eigenvalue weighted by Crippen LogP contribution is 2.30. The summed E-state index contributed by atoms with van der Waals surface area (Å²) in [6, 6.07) is 0. The number of aliphatic hydroxyl groups is 15. The van der Waals surface area contributed by atoms with E-state index in [1.807, 2.05) is 0 Å². The quantitative estimate of drug-likeness (QED) is 0.0918. The minimum atomic E-state index is -4.89. The van der Waals surface area contributed by atoms with E-state index in [4.69, 9.17) is 38.1 Å². The third-order valence-electron chi connectivity index (χ3n) is 8.16. The fraction of sp³-hybridized carbons (Fsp3) is 1.00. The summed E-state index contributed by atoms with van der Waals surface area (Å²) in [6.07, 6.45) is -32.9. The average Bonchev–Trinajstić information content (AvgIpc) is 3.07. The summed E-state index contributed by atoms with van der Waals surface area (Å²) in [5, 5.41) is 145. The molecule has 296 valence electrons. The highest BCUT2D eigenvalue weighted by Gasteiger charge is 2.52. The van der Waals surface area contributed by atoms with Crippen LogP contribution in [0.4, 0.5) is 0 Å². The van der Waals surface area contributed by atoms with E-state index in [1.54, 1.807) is 0 Å². The molecule has 4 saturated heterocycles. The molecule has 0 radical (unpaired) electrons. The normalized spacial score (nSPS) is 48.8. The maximum absolute atomic E-state index is 10.6.